The maximum absolute atomic E-state index is 12.4. The third kappa shape index (κ3) is 5.80. The van der Waals surface area contributed by atoms with Crippen molar-refractivity contribution < 1.29 is 9.21 Å². The van der Waals surface area contributed by atoms with Gasteiger partial charge < -0.3 is 14.6 Å². The number of aryl methyl sites for hydroxylation is 3. The van der Waals surface area contributed by atoms with E-state index in [1.807, 2.05) is 38.4 Å². The van der Waals surface area contributed by atoms with Crippen molar-refractivity contribution in [3.8, 4) is 11.3 Å². The smallest absolute Gasteiger partial charge is 0.220 e. The molecule has 1 unspecified atom stereocenters. The fraction of sp³-hybridized carbons (Fsp3) is 0.360. The molecule has 0 bridgehead atoms. The second-order valence-corrected chi connectivity index (χ2v) is 7.86. The third-order valence-electron chi connectivity index (χ3n) is 5.34. The van der Waals surface area contributed by atoms with Crippen LogP contribution in [0.15, 0.2) is 59.1 Å². The molecule has 1 aromatic heterocycles. The van der Waals surface area contributed by atoms with Crippen molar-refractivity contribution in [2.24, 2.45) is 0 Å². The molecule has 158 valence electrons. The fourth-order valence-electron chi connectivity index (χ4n) is 3.37. The normalized spacial score (nSPS) is 12.2. The lowest BCUT2D eigenvalue weighted by molar-refractivity contribution is -0.121. The van der Waals surface area contributed by atoms with Gasteiger partial charge in [-0.25, -0.2) is 4.98 Å². The molecule has 0 spiro atoms. The number of hydrogen-bond acceptors (Lipinski definition) is 4. The molecule has 5 nitrogen and oxygen atoms in total. The summed E-state index contributed by atoms with van der Waals surface area (Å²) in [4.78, 5) is 18.8. The largest absolute Gasteiger partial charge is 0.441 e. The van der Waals surface area contributed by atoms with E-state index in [2.05, 4.69) is 53.3 Å². The van der Waals surface area contributed by atoms with Gasteiger partial charge in [0.25, 0.3) is 0 Å². The number of oxazole rings is 1. The molecule has 30 heavy (non-hydrogen) atoms. The average Bonchev–Trinajstić information content (AvgIpc) is 3.22. The Morgan fingerprint density at radius 3 is 2.43 bits per heavy atom. The van der Waals surface area contributed by atoms with Crippen LogP contribution >= 0.6 is 0 Å². The van der Waals surface area contributed by atoms with Gasteiger partial charge >= 0.3 is 0 Å². The van der Waals surface area contributed by atoms with E-state index in [1.165, 1.54) is 16.7 Å². The van der Waals surface area contributed by atoms with Crippen molar-refractivity contribution in [3.05, 3.63) is 77.3 Å². The first-order valence-corrected chi connectivity index (χ1v) is 10.5. The number of aromatic nitrogens is 1. The van der Waals surface area contributed by atoms with Crippen LogP contribution in [0, 0.1) is 6.92 Å². The van der Waals surface area contributed by atoms with Crippen LogP contribution in [0.5, 0.6) is 0 Å². The number of benzene rings is 2. The molecule has 0 aliphatic carbocycles. The zero-order valence-electron chi connectivity index (χ0n) is 18.3. The first kappa shape index (κ1) is 21.8. The molecule has 5 heteroatoms. The molecule has 0 saturated heterocycles. The Balaban J connectivity index is 1.51. The molecular formula is C25H31N3O2. The molecule has 0 saturated carbocycles. The average molecular weight is 406 g/mol. The molecule has 1 atom stereocenters. The SMILES string of the molecule is CCc1ccc(C(CNC(=O)CCc2ncc(-c3ccc(C)cc3)o2)N(C)C)cc1. The van der Waals surface area contributed by atoms with Crippen LogP contribution in [0.25, 0.3) is 11.3 Å². The molecule has 3 rings (SSSR count). The van der Waals surface area contributed by atoms with Crippen LogP contribution in [0.4, 0.5) is 0 Å². The molecule has 1 heterocycles. The van der Waals surface area contributed by atoms with Crippen molar-refractivity contribution >= 4 is 5.91 Å². The topological polar surface area (TPSA) is 58.4 Å². The summed E-state index contributed by atoms with van der Waals surface area (Å²) in [7, 11) is 4.06. The second-order valence-electron chi connectivity index (χ2n) is 7.86. The number of hydrogen-bond donors (Lipinski definition) is 1. The summed E-state index contributed by atoms with van der Waals surface area (Å²) in [5.41, 5.74) is 4.71. The number of amides is 1. The highest BCUT2D eigenvalue weighted by Crippen LogP contribution is 2.21. The predicted octanol–water partition coefficient (Wildman–Crippen LogP) is 4.56. The van der Waals surface area contributed by atoms with Crippen LogP contribution < -0.4 is 5.32 Å². The van der Waals surface area contributed by atoms with E-state index in [0.717, 1.165) is 17.7 Å². The molecular weight excluding hydrogens is 374 g/mol. The Hall–Kier alpha value is -2.92. The van der Waals surface area contributed by atoms with Crippen LogP contribution in [0.2, 0.25) is 0 Å². The van der Waals surface area contributed by atoms with Crippen molar-refractivity contribution in [2.75, 3.05) is 20.6 Å². The first-order valence-electron chi connectivity index (χ1n) is 10.5. The standard InChI is InChI=1S/C25H31N3O2/c1-5-19-8-12-20(13-9-19)22(28(3)4)16-26-24(29)14-15-25-27-17-23(30-25)21-10-6-18(2)7-11-21/h6-13,17,22H,5,14-16H2,1-4H3,(H,26,29). The summed E-state index contributed by atoms with van der Waals surface area (Å²) >= 11 is 0. The Morgan fingerprint density at radius 2 is 1.80 bits per heavy atom. The highest BCUT2D eigenvalue weighted by Gasteiger charge is 2.16. The van der Waals surface area contributed by atoms with Gasteiger partial charge in [0, 0.05) is 24.9 Å². The molecule has 0 fully saturated rings. The molecule has 1 amide bonds. The highest BCUT2D eigenvalue weighted by molar-refractivity contribution is 5.76. The number of carbonyl (C=O) groups is 1. The minimum absolute atomic E-state index is 0.00196. The van der Waals surface area contributed by atoms with Gasteiger partial charge in [-0.15, -0.1) is 0 Å². The van der Waals surface area contributed by atoms with Crippen LogP contribution in [-0.4, -0.2) is 36.4 Å². The van der Waals surface area contributed by atoms with Gasteiger partial charge in [0.05, 0.1) is 12.2 Å². The first-order chi connectivity index (χ1) is 14.5. The number of nitrogens with zero attached hydrogens (tertiary/aromatic N) is 2. The lowest BCUT2D eigenvalue weighted by atomic mass is 10.0. The van der Waals surface area contributed by atoms with E-state index in [1.54, 1.807) is 6.20 Å². The maximum Gasteiger partial charge on any atom is 0.220 e. The molecule has 0 radical (unpaired) electrons. The molecule has 0 aliphatic rings. The minimum atomic E-state index is 0.00196. The lowest BCUT2D eigenvalue weighted by Crippen LogP contribution is -2.34. The number of carbonyl (C=O) groups excluding carboxylic acids is 1. The quantitative estimate of drug-likeness (QED) is 0.567. The van der Waals surface area contributed by atoms with Gasteiger partial charge in [0.1, 0.15) is 0 Å². The summed E-state index contributed by atoms with van der Waals surface area (Å²) in [5, 5.41) is 3.06. The van der Waals surface area contributed by atoms with E-state index in [0.29, 0.717) is 25.3 Å². The summed E-state index contributed by atoms with van der Waals surface area (Å²) in [6.07, 6.45) is 3.58. The Kier molecular flexibility index (Phi) is 7.41. The highest BCUT2D eigenvalue weighted by atomic mass is 16.4. The van der Waals surface area contributed by atoms with E-state index in [9.17, 15) is 4.79 Å². The van der Waals surface area contributed by atoms with Gasteiger partial charge in [0.15, 0.2) is 11.7 Å². The third-order valence-corrected chi connectivity index (χ3v) is 5.34. The van der Waals surface area contributed by atoms with Crippen molar-refractivity contribution in [1.82, 2.24) is 15.2 Å². The van der Waals surface area contributed by atoms with Gasteiger partial charge in [0.2, 0.25) is 5.91 Å². The summed E-state index contributed by atoms with van der Waals surface area (Å²) in [6.45, 7) is 4.77. The predicted molar refractivity (Wildman–Crippen MR) is 120 cm³/mol. The molecule has 1 N–H and O–H groups in total. The van der Waals surface area contributed by atoms with Crippen LogP contribution in [0.3, 0.4) is 0 Å². The molecule has 0 aliphatic heterocycles. The fourth-order valence-corrected chi connectivity index (χ4v) is 3.37. The minimum Gasteiger partial charge on any atom is -0.441 e. The van der Waals surface area contributed by atoms with Crippen LogP contribution in [0.1, 0.15) is 42.0 Å². The van der Waals surface area contributed by atoms with Crippen molar-refractivity contribution in [3.63, 3.8) is 0 Å². The zero-order valence-corrected chi connectivity index (χ0v) is 18.3. The Bertz CT molecular complexity index is 943. The maximum atomic E-state index is 12.4. The van der Waals surface area contributed by atoms with Crippen LogP contribution in [-0.2, 0) is 17.6 Å². The lowest BCUT2D eigenvalue weighted by Gasteiger charge is -2.25. The van der Waals surface area contributed by atoms with Crippen molar-refractivity contribution in [1.29, 1.82) is 0 Å². The zero-order chi connectivity index (χ0) is 21.5. The monoisotopic (exact) mass is 405 g/mol. The van der Waals surface area contributed by atoms with Crippen molar-refractivity contribution in [2.45, 2.75) is 39.2 Å². The van der Waals surface area contributed by atoms with Gasteiger partial charge in [-0.2, -0.15) is 0 Å². The molecule has 2 aromatic carbocycles. The van der Waals surface area contributed by atoms with E-state index >= 15 is 0 Å². The second kappa shape index (κ2) is 10.2. The molecule has 3 aromatic rings. The summed E-state index contributed by atoms with van der Waals surface area (Å²) < 4.78 is 5.82. The Labute approximate surface area is 179 Å². The summed E-state index contributed by atoms with van der Waals surface area (Å²) in [6, 6.07) is 16.9. The summed E-state index contributed by atoms with van der Waals surface area (Å²) in [5.74, 6) is 1.32. The number of likely N-dealkylation sites (N-methyl/N-ethyl adjacent to an activating group) is 1. The Morgan fingerprint density at radius 1 is 1.10 bits per heavy atom. The van der Waals surface area contributed by atoms with Gasteiger partial charge in [-0.3, -0.25) is 4.79 Å². The van der Waals surface area contributed by atoms with E-state index < -0.39 is 0 Å². The number of rotatable bonds is 9. The van der Waals surface area contributed by atoms with E-state index in [-0.39, 0.29) is 11.9 Å². The van der Waals surface area contributed by atoms with Gasteiger partial charge in [-0.1, -0.05) is 61.0 Å². The van der Waals surface area contributed by atoms with Gasteiger partial charge in [-0.05, 0) is 38.6 Å². The number of nitrogens with one attached hydrogen (secondary N) is 1. The van der Waals surface area contributed by atoms with E-state index in [4.69, 9.17) is 4.42 Å².